The van der Waals surface area contributed by atoms with Crippen LogP contribution >= 0.6 is 23.8 Å². The van der Waals surface area contributed by atoms with Crippen molar-refractivity contribution in [2.45, 2.75) is 13.3 Å². The summed E-state index contributed by atoms with van der Waals surface area (Å²) in [4.78, 5) is 28.6. The van der Waals surface area contributed by atoms with E-state index in [1.54, 1.807) is 31.3 Å². The van der Waals surface area contributed by atoms with Gasteiger partial charge in [0.1, 0.15) is 0 Å². The van der Waals surface area contributed by atoms with E-state index in [1.807, 2.05) is 43.3 Å². The summed E-state index contributed by atoms with van der Waals surface area (Å²) in [6.07, 6.45) is 0.582. The van der Waals surface area contributed by atoms with Gasteiger partial charge in [0.05, 0.1) is 10.9 Å². The number of rotatable bonds is 4. The molecular weight excluding hydrogens is 416 g/mol. The molecule has 150 valence electrons. The number of aryl methyl sites for hydroxylation is 1. The highest BCUT2D eigenvalue weighted by Gasteiger charge is 2.13. The van der Waals surface area contributed by atoms with Gasteiger partial charge in [-0.1, -0.05) is 41.9 Å². The molecule has 30 heavy (non-hydrogen) atoms. The SMILES string of the molecule is Cc1ccc2[nH]c(=S)n(C)c(=O)c2c1Cc1ccc(C(=O)c2ccc(Cl)cc2)cc1. The maximum Gasteiger partial charge on any atom is 0.262 e. The number of aromatic amines is 1. The van der Waals surface area contributed by atoms with Crippen LogP contribution in [0, 0.1) is 11.7 Å². The Kier molecular flexibility index (Phi) is 5.41. The molecule has 0 amide bonds. The molecular formula is C24H19ClN2O2S. The molecule has 4 rings (SSSR count). The Labute approximate surface area is 183 Å². The smallest absolute Gasteiger partial charge is 0.262 e. The minimum atomic E-state index is -0.109. The molecule has 0 unspecified atom stereocenters. The second-order valence-electron chi connectivity index (χ2n) is 7.29. The van der Waals surface area contributed by atoms with Crippen LogP contribution in [0.3, 0.4) is 0 Å². The summed E-state index contributed by atoms with van der Waals surface area (Å²) < 4.78 is 1.85. The normalized spacial score (nSPS) is 11.0. The number of ketones is 1. The molecule has 1 heterocycles. The summed E-state index contributed by atoms with van der Waals surface area (Å²) in [6.45, 7) is 1.99. The first-order valence-corrected chi connectivity index (χ1v) is 10.2. The molecule has 3 aromatic carbocycles. The van der Waals surface area contributed by atoms with Gasteiger partial charge in [0.2, 0.25) is 0 Å². The summed E-state index contributed by atoms with van der Waals surface area (Å²) in [5, 5.41) is 1.24. The summed E-state index contributed by atoms with van der Waals surface area (Å²) in [5.74, 6) is -0.0546. The molecule has 0 radical (unpaired) electrons. The van der Waals surface area contributed by atoms with E-state index in [4.69, 9.17) is 23.8 Å². The first kappa shape index (κ1) is 20.3. The summed E-state index contributed by atoms with van der Waals surface area (Å²) >= 11 is 11.1. The highest BCUT2D eigenvalue weighted by molar-refractivity contribution is 7.71. The van der Waals surface area contributed by atoms with E-state index in [2.05, 4.69) is 4.98 Å². The largest absolute Gasteiger partial charge is 0.332 e. The minimum absolute atomic E-state index is 0.0546. The van der Waals surface area contributed by atoms with E-state index in [9.17, 15) is 9.59 Å². The van der Waals surface area contributed by atoms with Gasteiger partial charge in [-0.25, -0.2) is 0 Å². The molecule has 1 N–H and O–H groups in total. The standard InChI is InChI=1S/C24H19ClN2O2S/c1-14-3-12-20-21(23(29)27(2)24(30)26-20)19(14)13-15-4-6-16(7-5-15)22(28)17-8-10-18(25)11-9-17/h3-12H,13H2,1-2H3,(H,26,30). The van der Waals surface area contributed by atoms with Crippen molar-refractivity contribution in [3.05, 3.63) is 109 Å². The third-order valence-electron chi connectivity index (χ3n) is 5.32. The number of carbonyl (C=O) groups is 1. The topological polar surface area (TPSA) is 54.9 Å². The lowest BCUT2D eigenvalue weighted by Gasteiger charge is -2.12. The molecule has 0 aliphatic rings. The second-order valence-corrected chi connectivity index (χ2v) is 8.11. The van der Waals surface area contributed by atoms with Gasteiger partial charge in [0.15, 0.2) is 10.6 Å². The van der Waals surface area contributed by atoms with Crippen LogP contribution in [0.15, 0.2) is 65.5 Å². The second kappa shape index (κ2) is 8.01. The number of hydrogen-bond acceptors (Lipinski definition) is 3. The predicted molar refractivity (Wildman–Crippen MR) is 123 cm³/mol. The summed E-state index contributed by atoms with van der Waals surface area (Å²) in [7, 11) is 1.67. The zero-order valence-corrected chi connectivity index (χ0v) is 18.1. The van der Waals surface area contributed by atoms with E-state index in [1.165, 1.54) is 4.57 Å². The van der Waals surface area contributed by atoms with Crippen molar-refractivity contribution in [3.63, 3.8) is 0 Å². The Hall–Kier alpha value is -3.02. The Morgan fingerprint density at radius 1 is 1.00 bits per heavy atom. The van der Waals surface area contributed by atoms with Gasteiger partial charge in [-0.05, 0) is 72.6 Å². The Morgan fingerprint density at radius 2 is 1.60 bits per heavy atom. The zero-order chi connectivity index (χ0) is 21.4. The highest BCUT2D eigenvalue weighted by Crippen LogP contribution is 2.22. The molecule has 0 fully saturated rings. The molecule has 0 aliphatic carbocycles. The molecule has 4 aromatic rings. The first-order valence-electron chi connectivity index (χ1n) is 9.46. The predicted octanol–water partition coefficient (Wildman–Crippen LogP) is 5.38. The fourth-order valence-electron chi connectivity index (χ4n) is 3.53. The highest BCUT2D eigenvalue weighted by atomic mass is 35.5. The zero-order valence-electron chi connectivity index (χ0n) is 16.5. The fraction of sp³-hybridized carbons (Fsp3) is 0.125. The monoisotopic (exact) mass is 434 g/mol. The minimum Gasteiger partial charge on any atom is -0.332 e. The van der Waals surface area contributed by atoms with Gasteiger partial charge in [-0.3, -0.25) is 14.2 Å². The molecule has 1 aromatic heterocycles. The van der Waals surface area contributed by atoms with Gasteiger partial charge in [-0.15, -0.1) is 0 Å². The van der Waals surface area contributed by atoms with Gasteiger partial charge < -0.3 is 4.98 Å². The van der Waals surface area contributed by atoms with Gasteiger partial charge in [0.25, 0.3) is 5.56 Å². The van der Waals surface area contributed by atoms with Crippen LogP contribution in [0.25, 0.3) is 10.9 Å². The van der Waals surface area contributed by atoms with Crippen LogP contribution < -0.4 is 5.56 Å². The van der Waals surface area contributed by atoms with E-state index >= 15 is 0 Å². The van der Waals surface area contributed by atoms with E-state index in [-0.39, 0.29) is 11.3 Å². The molecule has 0 bridgehead atoms. The fourth-order valence-corrected chi connectivity index (χ4v) is 3.85. The number of halogens is 1. The quantitative estimate of drug-likeness (QED) is 0.346. The lowest BCUT2D eigenvalue weighted by Crippen LogP contribution is -2.20. The average Bonchev–Trinajstić information content (AvgIpc) is 2.75. The van der Waals surface area contributed by atoms with E-state index in [0.29, 0.717) is 32.7 Å². The molecule has 6 heteroatoms. The third kappa shape index (κ3) is 3.74. The lowest BCUT2D eigenvalue weighted by atomic mass is 9.95. The maximum absolute atomic E-state index is 12.9. The van der Waals surface area contributed by atoms with Crippen molar-refractivity contribution in [3.8, 4) is 0 Å². The van der Waals surface area contributed by atoms with Crippen LogP contribution in [0.5, 0.6) is 0 Å². The van der Waals surface area contributed by atoms with Gasteiger partial charge in [-0.2, -0.15) is 0 Å². The van der Waals surface area contributed by atoms with Crippen LogP contribution in [0.2, 0.25) is 5.02 Å². The van der Waals surface area contributed by atoms with Gasteiger partial charge in [0, 0.05) is 23.2 Å². The van der Waals surface area contributed by atoms with Crippen molar-refractivity contribution in [2.75, 3.05) is 0 Å². The van der Waals surface area contributed by atoms with Crippen LogP contribution in [-0.4, -0.2) is 15.3 Å². The van der Waals surface area contributed by atoms with Crippen LogP contribution in [0.1, 0.15) is 32.6 Å². The number of hydrogen-bond donors (Lipinski definition) is 1. The van der Waals surface area contributed by atoms with Crippen LogP contribution in [-0.2, 0) is 13.5 Å². The number of fused-ring (bicyclic) bond motifs is 1. The molecule has 0 spiro atoms. The molecule has 0 aliphatic heterocycles. The van der Waals surface area contributed by atoms with E-state index < -0.39 is 0 Å². The molecule has 0 atom stereocenters. The number of carbonyl (C=O) groups excluding carboxylic acids is 1. The lowest BCUT2D eigenvalue weighted by molar-refractivity contribution is 0.103. The summed E-state index contributed by atoms with van der Waals surface area (Å²) in [6, 6.07) is 18.2. The van der Waals surface area contributed by atoms with E-state index in [0.717, 1.165) is 22.2 Å². The summed E-state index contributed by atoms with van der Waals surface area (Å²) in [5.41, 5.74) is 4.83. The Morgan fingerprint density at radius 3 is 2.23 bits per heavy atom. The molecule has 4 nitrogen and oxygen atoms in total. The van der Waals surface area contributed by atoms with Crippen molar-refractivity contribution < 1.29 is 4.79 Å². The van der Waals surface area contributed by atoms with Crippen molar-refractivity contribution in [2.24, 2.45) is 7.05 Å². The first-order chi connectivity index (χ1) is 14.3. The van der Waals surface area contributed by atoms with Gasteiger partial charge >= 0.3 is 0 Å². The Balaban J connectivity index is 1.69. The van der Waals surface area contributed by atoms with Crippen molar-refractivity contribution in [1.82, 2.24) is 9.55 Å². The average molecular weight is 435 g/mol. The number of H-pyrrole nitrogens is 1. The van der Waals surface area contributed by atoms with Crippen LogP contribution in [0.4, 0.5) is 0 Å². The molecule has 0 saturated heterocycles. The number of nitrogens with zero attached hydrogens (tertiary/aromatic N) is 1. The number of aromatic nitrogens is 2. The maximum atomic E-state index is 12.9. The third-order valence-corrected chi connectivity index (χ3v) is 5.94. The number of nitrogens with one attached hydrogen (secondary N) is 1. The van der Waals surface area contributed by atoms with Crippen molar-refractivity contribution >= 4 is 40.5 Å². The number of benzene rings is 3. The molecule has 0 saturated carbocycles. The van der Waals surface area contributed by atoms with Crippen molar-refractivity contribution in [1.29, 1.82) is 0 Å². The Bertz CT molecular complexity index is 1380.